The van der Waals surface area contributed by atoms with E-state index in [1.54, 1.807) is 0 Å². The lowest BCUT2D eigenvalue weighted by Gasteiger charge is -2.33. The zero-order valence-corrected chi connectivity index (χ0v) is 11.3. The van der Waals surface area contributed by atoms with Crippen molar-refractivity contribution in [2.75, 3.05) is 19.7 Å². The molecular formula is C14H16ClF2NO. The van der Waals surface area contributed by atoms with E-state index in [-0.39, 0.29) is 23.6 Å². The third kappa shape index (κ3) is 2.49. The van der Waals surface area contributed by atoms with E-state index in [0.717, 1.165) is 25.9 Å². The SMILES string of the molecule is Fc1cc(Cl)cc(C2(F)COC3(CCNCC3)C2)c1. The van der Waals surface area contributed by atoms with Crippen molar-refractivity contribution in [1.29, 1.82) is 0 Å². The monoisotopic (exact) mass is 287 g/mol. The second kappa shape index (κ2) is 4.69. The largest absolute Gasteiger partial charge is 0.371 e. The highest BCUT2D eigenvalue weighted by Crippen LogP contribution is 2.47. The highest BCUT2D eigenvalue weighted by Gasteiger charge is 2.51. The third-order valence-electron chi connectivity index (χ3n) is 4.10. The van der Waals surface area contributed by atoms with Gasteiger partial charge in [0.05, 0.1) is 12.2 Å². The van der Waals surface area contributed by atoms with E-state index in [9.17, 15) is 4.39 Å². The van der Waals surface area contributed by atoms with Gasteiger partial charge in [-0.05, 0) is 49.7 Å². The van der Waals surface area contributed by atoms with Crippen molar-refractivity contribution in [3.63, 3.8) is 0 Å². The predicted molar refractivity (Wildman–Crippen MR) is 69.6 cm³/mol. The van der Waals surface area contributed by atoms with Gasteiger partial charge < -0.3 is 10.1 Å². The Morgan fingerprint density at radius 1 is 1.21 bits per heavy atom. The van der Waals surface area contributed by atoms with Crippen LogP contribution in [0.2, 0.25) is 5.02 Å². The molecule has 1 spiro atoms. The summed E-state index contributed by atoms with van der Waals surface area (Å²) < 4.78 is 34.2. The van der Waals surface area contributed by atoms with Crippen LogP contribution < -0.4 is 5.32 Å². The van der Waals surface area contributed by atoms with E-state index in [2.05, 4.69) is 5.32 Å². The van der Waals surface area contributed by atoms with E-state index in [4.69, 9.17) is 16.3 Å². The molecule has 5 heteroatoms. The number of rotatable bonds is 1. The third-order valence-corrected chi connectivity index (χ3v) is 4.32. The van der Waals surface area contributed by atoms with Crippen molar-refractivity contribution in [2.45, 2.75) is 30.5 Å². The van der Waals surface area contributed by atoms with E-state index in [1.165, 1.54) is 18.2 Å². The summed E-state index contributed by atoms with van der Waals surface area (Å²) in [6.07, 6.45) is 1.87. The summed E-state index contributed by atoms with van der Waals surface area (Å²) in [5, 5.41) is 3.46. The minimum Gasteiger partial charge on any atom is -0.371 e. The normalized spacial score (nSPS) is 29.8. The number of benzene rings is 1. The molecule has 1 unspecified atom stereocenters. The maximum atomic E-state index is 15.1. The molecule has 1 aromatic rings. The van der Waals surface area contributed by atoms with E-state index < -0.39 is 17.1 Å². The number of hydrogen-bond donors (Lipinski definition) is 1. The molecule has 2 aliphatic rings. The van der Waals surface area contributed by atoms with Crippen LogP contribution in [-0.4, -0.2) is 25.3 Å². The molecule has 1 atom stereocenters. The first-order chi connectivity index (χ1) is 9.01. The second-order valence-electron chi connectivity index (χ2n) is 5.52. The Labute approximate surface area is 116 Å². The Kier molecular flexibility index (Phi) is 3.28. The van der Waals surface area contributed by atoms with Gasteiger partial charge in [0, 0.05) is 11.4 Å². The van der Waals surface area contributed by atoms with Crippen LogP contribution in [0.15, 0.2) is 18.2 Å². The van der Waals surface area contributed by atoms with Crippen LogP contribution in [0.25, 0.3) is 0 Å². The molecule has 104 valence electrons. The molecule has 0 aliphatic carbocycles. The van der Waals surface area contributed by atoms with Crippen molar-refractivity contribution in [3.05, 3.63) is 34.6 Å². The summed E-state index contributed by atoms with van der Waals surface area (Å²) >= 11 is 5.81. The highest BCUT2D eigenvalue weighted by atomic mass is 35.5. The molecule has 1 N–H and O–H groups in total. The lowest BCUT2D eigenvalue weighted by atomic mass is 9.82. The zero-order valence-electron chi connectivity index (χ0n) is 10.5. The molecule has 1 aromatic carbocycles. The number of piperidine rings is 1. The van der Waals surface area contributed by atoms with Crippen molar-refractivity contribution in [3.8, 4) is 0 Å². The van der Waals surface area contributed by atoms with Gasteiger partial charge in [0.15, 0.2) is 5.67 Å². The van der Waals surface area contributed by atoms with Crippen molar-refractivity contribution in [2.24, 2.45) is 0 Å². The summed E-state index contributed by atoms with van der Waals surface area (Å²) in [5.74, 6) is -0.509. The quantitative estimate of drug-likeness (QED) is 0.856. The standard InChI is InChI=1S/C14H16ClF2NO/c15-11-5-10(6-12(16)7-11)14(17)8-13(19-9-14)1-3-18-4-2-13/h5-7,18H,1-4,8-9H2. The number of nitrogens with one attached hydrogen (secondary N) is 1. The van der Waals surface area contributed by atoms with Crippen LogP contribution in [0.3, 0.4) is 0 Å². The van der Waals surface area contributed by atoms with Crippen LogP contribution in [0.1, 0.15) is 24.8 Å². The maximum Gasteiger partial charge on any atom is 0.162 e. The number of halogens is 3. The molecule has 2 fully saturated rings. The first-order valence-electron chi connectivity index (χ1n) is 6.52. The molecule has 2 saturated heterocycles. The Bertz CT molecular complexity index is 470. The molecule has 3 rings (SSSR count). The molecule has 2 nitrogen and oxygen atoms in total. The molecule has 0 amide bonds. The molecule has 0 saturated carbocycles. The lowest BCUT2D eigenvalue weighted by molar-refractivity contribution is -0.0220. The molecule has 0 aromatic heterocycles. The molecule has 2 aliphatic heterocycles. The van der Waals surface area contributed by atoms with Gasteiger partial charge in [0.25, 0.3) is 0 Å². The average molecular weight is 288 g/mol. The lowest BCUT2D eigenvalue weighted by Crippen LogP contribution is -2.42. The van der Waals surface area contributed by atoms with Crippen molar-refractivity contribution in [1.82, 2.24) is 5.32 Å². The van der Waals surface area contributed by atoms with Crippen LogP contribution >= 0.6 is 11.6 Å². The van der Waals surface area contributed by atoms with E-state index in [0.29, 0.717) is 0 Å². The number of ether oxygens (including phenoxy) is 1. The fourth-order valence-corrected chi connectivity index (χ4v) is 3.30. The number of alkyl halides is 1. The summed E-state index contributed by atoms with van der Waals surface area (Å²) in [6.45, 7) is 1.65. The minimum atomic E-state index is -1.64. The zero-order chi connectivity index (χ0) is 13.5. The predicted octanol–water partition coefficient (Wildman–Crippen LogP) is 3.19. The first-order valence-corrected chi connectivity index (χ1v) is 6.89. The van der Waals surface area contributed by atoms with Gasteiger partial charge in [0.1, 0.15) is 5.82 Å². The molecule has 2 heterocycles. The fourth-order valence-electron chi connectivity index (χ4n) is 3.08. The molecule has 0 radical (unpaired) electrons. The first kappa shape index (κ1) is 13.3. The Morgan fingerprint density at radius 3 is 2.63 bits per heavy atom. The smallest absolute Gasteiger partial charge is 0.162 e. The van der Waals surface area contributed by atoms with Gasteiger partial charge in [-0.25, -0.2) is 8.78 Å². The highest BCUT2D eigenvalue weighted by molar-refractivity contribution is 6.30. The van der Waals surface area contributed by atoms with Gasteiger partial charge in [-0.2, -0.15) is 0 Å². The van der Waals surface area contributed by atoms with Gasteiger partial charge >= 0.3 is 0 Å². The topological polar surface area (TPSA) is 21.3 Å². The van der Waals surface area contributed by atoms with Crippen molar-refractivity contribution >= 4 is 11.6 Å². The van der Waals surface area contributed by atoms with Crippen molar-refractivity contribution < 1.29 is 13.5 Å². The van der Waals surface area contributed by atoms with E-state index in [1.807, 2.05) is 0 Å². The van der Waals surface area contributed by atoms with Gasteiger partial charge in [0.2, 0.25) is 0 Å². The minimum absolute atomic E-state index is 0.0210. The Balaban J connectivity index is 1.88. The van der Waals surface area contributed by atoms with Crippen LogP contribution in [-0.2, 0) is 10.4 Å². The van der Waals surface area contributed by atoms with Gasteiger partial charge in [-0.3, -0.25) is 0 Å². The average Bonchev–Trinajstić information content (AvgIpc) is 2.68. The summed E-state index contributed by atoms with van der Waals surface area (Å²) in [4.78, 5) is 0. The van der Waals surface area contributed by atoms with E-state index >= 15 is 4.39 Å². The van der Waals surface area contributed by atoms with Gasteiger partial charge in [-0.1, -0.05) is 11.6 Å². The van der Waals surface area contributed by atoms with Crippen LogP contribution in [0.5, 0.6) is 0 Å². The number of hydrogen-bond acceptors (Lipinski definition) is 2. The summed E-state index contributed by atoms with van der Waals surface area (Å²) in [5.41, 5.74) is -1.75. The van der Waals surface area contributed by atoms with Crippen LogP contribution in [0.4, 0.5) is 8.78 Å². The summed E-state index contributed by atoms with van der Waals surface area (Å²) in [7, 11) is 0. The molecule has 0 bridgehead atoms. The Hall–Kier alpha value is -0.710. The molecular weight excluding hydrogens is 272 g/mol. The van der Waals surface area contributed by atoms with Crippen LogP contribution in [0, 0.1) is 5.82 Å². The second-order valence-corrected chi connectivity index (χ2v) is 5.96. The maximum absolute atomic E-state index is 15.1. The summed E-state index contributed by atoms with van der Waals surface area (Å²) in [6, 6.07) is 3.90. The fraction of sp³-hybridized carbons (Fsp3) is 0.571. The molecule has 19 heavy (non-hydrogen) atoms. The Morgan fingerprint density at radius 2 is 1.95 bits per heavy atom. The van der Waals surface area contributed by atoms with Gasteiger partial charge in [-0.15, -0.1) is 0 Å².